The van der Waals surface area contributed by atoms with E-state index in [1.807, 2.05) is 25.1 Å². The lowest BCUT2D eigenvalue weighted by atomic mass is 9.64. The largest absolute Gasteiger partial charge is 0.396 e. The van der Waals surface area contributed by atoms with Crippen molar-refractivity contribution in [2.45, 2.75) is 25.3 Å². The van der Waals surface area contributed by atoms with E-state index >= 15 is 0 Å². The number of rotatable bonds is 2. The van der Waals surface area contributed by atoms with Crippen LogP contribution < -0.4 is 5.73 Å². The first-order valence-corrected chi connectivity index (χ1v) is 8.52. The first-order valence-electron chi connectivity index (χ1n) is 8.52. The number of aliphatic hydroxyl groups excluding tert-OH is 1. The lowest BCUT2D eigenvalue weighted by Crippen LogP contribution is -2.47. The maximum Gasteiger partial charge on any atom is 0.261 e. The number of amides is 1. The van der Waals surface area contributed by atoms with Gasteiger partial charge in [-0.25, -0.2) is 15.0 Å². The Morgan fingerprint density at radius 3 is 2.62 bits per heavy atom. The Labute approximate surface area is 151 Å². The highest BCUT2D eigenvalue weighted by Crippen LogP contribution is 2.50. The van der Waals surface area contributed by atoms with Crippen LogP contribution in [-0.2, 0) is 16.8 Å². The van der Waals surface area contributed by atoms with Gasteiger partial charge in [0.1, 0.15) is 6.33 Å². The molecule has 1 aliphatic carbocycles. The van der Waals surface area contributed by atoms with Gasteiger partial charge in [0.25, 0.3) is 5.91 Å². The summed E-state index contributed by atoms with van der Waals surface area (Å²) in [6, 6.07) is 5.98. The number of aliphatic imine (C=N–C) groups is 1. The van der Waals surface area contributed by atoms with E-state index in [1.54, 1.807) is 19.4 Å². The fourth-order valence-electron chi connectivity index (χ4n) is 4.08. The lowest BCUT2D eigenvalue weighted by molar-refractivity contribution is -0.132. The molecule has 2 aliphatic rings. The van der Waals surface area contributed by atoms with Crippen molar-refractivity contribution in [1.29, 1.82) is 0 Å². The minimum atomic E-state index is -1.09. The van der Waals surface area contributed by atoms with Gasteiger partial charge < -0.3 is 10.8 Å². The standard InChI is InChI=1S/C19H21N5O2/c1-18(10-25)6-13-4-3-12(14-7-21-11-22-8-14)5-15(13)19(9-18)16(26)24(2)17(20)23-19/h3-5,7-8,11,25H,6,9-10H2,1-2H3,(H2,20,23)/t18-,19+/m0/s1. The molecule has 4 rings (SSSR count). The molecule has 2 atom stereocenters. The van der Waals surface area contributed by atoms with E-state index in [-0.39, 0.29) is 18.5 Å². The van der Waals surface area contributed by atoms with Crippen molar-refractivity contribution in [1.82, 2.24) is 14.9 Å². The number of nitrogens with zero attached hydrogens (tertiary/aromatic N) is 4. The quantitative estimate of drug-likeness (QED) is 0.842. The summed E-state index contributed by atoms with van der Waals surface area (Å²) in [6.07, 6.45) is 6.06. The molecule has 134 valence electrons. The molecular formula is C19H21N5O2. The summed E-state index contributed by atoms with van der Waals surface area (Å²) in [5, 5.41) is 9.95. The Balaban J connectivity index is 1.93. The van der Waals surface area contributed by atoms with Crippen LogP contribution in [0.3, 0.4) is 0 Å². The molecule has 26 heavy (non-hydrogen) atoms. The van der Waals surface area contributed by atoms with Crippen molar-refractivity contribution in [2.75, 3.05) is 13.7 Å². The average molecular weight is 351 g/mol. The third-order valence-electron chi connectivity index (χ3n) is 5.44. The molecule has 1 aromatic carbocycles. The second-order valence-electron chi connectivity index (χ2n) is 7.52. The first kappa shape index (κ1) is 16.7. The predicted octanol–water partition coefficient (Wildman–Crippen LogP) is 1.07. The van der Waals surface area contributed by atoms with Crippen molar-refractivity contribution in [3.8, 4) is 11.1 Å². The number of fused-ring (bicyclic) bond motifs is 2. The van der Waals surface area contributed by atoms with E-state index in [0.717, 1.165) is 22.3 Å². The molecule has 1 aliphatic heterocycles. The number of nitrogens with two attached hydrogens (primary N) is 1. The van der Waals surface area contributed by atoms with Crippen LogP contribution in [0.5, 0.6) is 0 Å². The summed E-state index contributed by atoms with van der Waals surface area (Å²) in [5.74, 6) is 0.0497. The Kier molecular flexibility index (Phi) is 3.59. The molecule has 3 N–H and O–H groups in total. The van der Waals surface area contributed by atoms with Crippen molar-refractivity contribution in [3.63, 3.8) is 0 Å². The highest BCUT2D eigenvalue weighted by atomic mass is 16.3. The van der Waals surface area contributed by atoms with Crippen LogP contribution >= 0.6 is 0 Å². The smallest absolute Gasteiger partial charge is 0.261 e. The van der Waals surface area contributed by atoms with Crippen molar-refractivity contribution >= 4 is 11.9 Å². The van der Waals surface area contributed by atoms with Crippen LogP contribution in [0.4, 0.5) is 0 Å². The van der Waals surface area contributed by atoms with Crippen molar-refractivity contribution in [3.05, 3.63) is 48.0 Å². The highest BCUT2D eigenvalue weighted by molar-refractivity contribution is 6.07. The molecule has 2 heterocycles. The van der Waals surface area contributed by atoms with Gasteiger partial charge in [0, 0.05) is 31.6 Å². The van der Waals surface area contributed by atoms with Crippen molar-refractivity contribution < 1.29 is 9.90 Å². The van der Waals surface area contributed by atoms with Crippen LogP contribution in [0.1, 0.15) is 24.5 Å². The summed E-state index contributed by atoms with van der Waals surface area (Å²) in [5.41, 5.74) is 8.11. The molecule has 0 saturated heterocycles. The van der Waals surface area contributed by atoms with Crippen LogP contribution in [0.15, 0.2) is 41.9 Å². The minimum Gasteiger partial charge on any atom is -0.396 e. The molecule has 1 spiro atoms. The molecule has 0 saturated carbocycles. The fraction of sp³-hybridized carbons (Fsp3) is 0.368. The Hall–Kier alpha value is -2.80. The summed E-state index contributed by atoms with van der Waals surface area (Å²) in [6.45, 7) is 1.96. The van der Waals surface area contributed by atoms with Gasteiger partial charge in [0.15, 0.2) is 11.5 Å². The van der Waals surface area contributed by atoms with E-state index in [2.05, 4.69) is 15.0 Å². The minimum absolute atomic E-state index is 0.0190. The summed E-state index contributed by atoms with van der Waals surface area (Å²) in [7, 11) is 1.63. The van der Waals surface area contributed by atoms with Gasteiger partial charge >= 0.3 is 0 Å². The van der Waals surface area contributed by atoms with Gasteiger partial charge in [0.2, 0.25) is 0 Å². The fourth-order valence-corrected chi connectivity index (χ4v) is 4.08. The van der Waals surface area contributed by atoms with Crippen LogP contribution in [-0.4, -0.2) is 45.5 Å². The van der Waals surface area contributed by atoms with E-state index in [1.165, 1.54) is 11.2 Å². The van der Waals surface area contributed by atoms with E-state index in [0.29, 0.717) is 12.8 Å². The second-order valence-corrected chi connectivity index (χ2v) is 7.52. The number of hydrogen-bond donors (Lipinski definition) is 2. The monoisotopic (exact) mass is 351 g/mol. The number of guanidine groups is 1. The first-order chi connectivity index (χ1) is 12.4. The van der Waals surface area contributed by atoms with Gasteiger partial charge in [-0.1, -0.05) is 19.1 Å². The van der Waals surface area contributed by atoms with Crippen LogP contribution in [0, 0.1) is 5.41 Å². The summed E-state index contributed by atoms with van der Waals surface area (Å²) >= 11 is 0. The van der Waals surface area contributed by atoms with Crippen LogP contribution in [0.25, 0.3) is 11.1 Å². The molecule has 7 heteroatoms. The maximum atomic E-state index is 13.1. The van der Waals surface area contributed by atoms with Gasteiger partial charge in [0.05, 0.1) is 0 Å². The van der Waals surface area contributed by atoms with Gasteiger partial charge in [-0.15, -0.1) is 0 Å². The zero-order valence-electron chi connectivity index (χ0n) is 14.8. The molecule has 1 aromatic heterocycles. The molecule has 0 bridgehead atoms. The number of hydrogen-bond acceptors (Lipinski definition) is 6. The highest BCUT2D eigenvalue weighted by Gasteiger charge is 2.55. The molecule has 7 nitrogen and oxygen atoms in total. The summed E-state index contributed by atoms with van der Waals surface area (Å²) < 4.78 is 0. The average Bonchev–Trinajstić information content (AvgIpc) is 2.86. The summed E-state index contributed by atoms with van der Waals surface area (Å²) in [4.78, 5) is 27.3. The lowest BCUT2D eigenvalue weighted by Gasteiger charge is -2.42. The van der Waals surface area contributed by atoms with Crippen molar-refractivity contribution in [2.24, 2.45) is 16.1 Å². The number of likely N-dealkylation sites (N-methyl/N-ethyl adjacent to an activating group) is 1. The zero-order valence-corrected chi connectivity index (χ0v) is 14.8. The molecule has 0 fully saturated rings. The number of aliphatic hydroxyl groups is 1. The molecule has 1 amide bonds. The van der Waals surface area contributed by atoms with E-state index < -0.39 is 11.0 Å². The van der Waals surface area contributed by atoms with Gasteiger partial charge in [-0.2, -0.15) is 0 Å². The molecule has 0 unspecified atom stereocenters. The predicted molar refractivity (Wildman–Crippen MR) is 97.1 cm³/mol. The van der Waals surface area contributed by atoms with Gasteiger partial charge in [-0.05, 0) is 41.0 Å². The Bertz CT molecular complexity index is 913. The van der Waals surface area contributed by atoms with Crippen LogP contribution in [0.2, 0.25) is 0 Å². The Morgan fingerprint density at radius 1 is 1.27 bits per heavy atom. The SMILES string of the molecule is CN1C(=O)[C@]2(C[C@@](C)(CO)Cc3ccc(-c4cncnc4)cc32)N=C1N. The third-order valence-corrected chi connectivity index (χ3v) is 5.44. The van der Waals surface area contributed by atoms with E-state index in [9.17, 15) is 9.90 Å². The zero-order chi connectivity index (χ0) is 18.5. The number of carbonyl (C=O) groups excluding carboxylic acids is 1. The second kappa shape index (κ2) is 5.60. The molecule has 0 radical (unpaired) electrons. The Morgan fingerprint density at radius 2 is 2.00 bits per heavy atom. The number of aromatic nitrogens is 2. The number of benzene rings is 1. The molecule has 2 aromatic rings. The number of carbonyl (C=O) groups is 1. The normalized spacial score (nSPS) is 27.6. The maximum absolute atomic E-state index is 13.1. The molecular weight excluding hydrogens is 330 g/mol. The third kappa shape index (κ3) is 2.31. The van der Waals surface area contributed by atoms with Gasteiger partial charge in [-0.3, -0.25) is 9.69 Å². The van der Waals surface area contributed by atoms with E-state index in [4.69, 9.17) is 5.73 Å². The topological polar surface area (TPSA) is 105 Å².